The molecule has 0 aliphatic carbocycles. The first-order valence-corrected chi connectivity index (χ1v) is 9.64. The van der Waals surface area contributed by atoms with Gasteiger partial charge in [-0.25, -0.2) is 9.97 Å². The van der Waals surface area contributed by atoms with Gasteiger partial charge in [0.05, 0.1) is 40.4 Å². The highest BCUT2D eigenvalue weighted by Gasteiger charge is 2.15. The van der Waals surface area contributed by atoms with E-state index in [1.165, 1.54) is 10.9 Å². The number of benzene rings is 3. The van der Waals surface area contributed by atoms with Gasteiger partial charge in [0.1, 0.15) is 5.82 Å². The molecule has 0 N–H and O–H groups in total. The van der Waals surface area contributed by atoms with Crippen LogP contribution in [0.4, 0.5) is 0 Å². The molecule has 6 heteroatoms. The lowest BCUT2D eigenvalue weighted by atomic mass is 10.1. The highest BCUT2D eigenvalue weighted by molar-refractivity contribution is 5.78. The summed E-state index contributed by atoms with van der Waals surface area (Å²) in [5.41, 5.74) is 2.61. The number of rotatable bonds is 3. The average molecular weight is 394 g/mol. The molecule has 0 bridgehead atoms. The molecule has 0 aliphatic heterocycles. The number of para-hydroxylation sites is 3. The number of nitrogens with zero attached hydrogens (tertiary/aromatic N) is 4. The van der Waals surface area contributed by atoms with Crippen LogP contribution in [0.3, 0.4) is 0 Å². The summed E-state index contributed by atoms with van der Waals surface area (Å²) in [5, 5.41) is 1.07. The molecular formula is C24H18N4O2. The summed E-state index contributed by atoms with van der Waals surface area (Å²) < 4.78 is 3.09. The van der Waals surface area contributed by atoms with Crippen molar-refractivity contribution in [3.63, 3.8) is 0 Å². The predicted molar refractivity (Wildman–Crippen MR) is 117 cm³/mol. The van der Waals surface area contributed by atoms with Gasteiger partial charge in [0.2, 0.25) is 0 Å². The maximum Gasteiger partial charge on any atom is 0.266 e. The van der Waals surface area contributed by atoms with Crippen molar-refractivity contribution in [3.05, 3.63) is 111 Å². The lowest BCUT2D eigenvalue weighted by Gasteiger charge is -2.16. The minimum Gasteiger partial charge on any atom is -0.291 e. The van der Waals surface area contributed by atoms with E-state index in [1.54, 1.807) is 22.8 Å². The Hall–Kier alpha value is -4.06. The van der Waals surface area contributed by atoms with Crippen LogP contribution >= 0.6 is 0 Å². The van der Waals surface area contributed by atoms with Gasteiger partial charge in [0, 0.05) is 0 Å². The van der Waals surface area contributed by atoms with Gasteiger partial charge in [-0.1, -0.05) is 42.5 Å². The number of fused-ring (bicyclic) bond motifs is 2. The van der Waals surface area contributed by atoms with Gasteiger partial charge in [0.25, 0.3) is 11.1 Å². The molecule has 0 amide bonds. The molecule has 6 nitrogen and oxygen atoms in total. The topological polar surface area (TPSA) is 69.8 Å². The van der Waals surface area contributed by atoms with Crippen molar-refractivity contribution in [2.45, 2.75) is 13.5 Å². The van der Waals surface area contributed by atoms with Crippen molar-refractivity contribution in [1.29, 1.82) is 0 Å². The molecule has 0 fully saturated rings. The molecule has 0 saturated heterocycles. The fraction of sp³-hybridized carbons (Fsp3) is 0.0833. The Morgan fingerprint density at radius 1 is 0.767 bits per heavy atom. The minimum absolute atomic E-state index is 0.130. The van der Waals surface area contributed by atoms with Crippen molar-refractivity contribution >= 4 is 21.8 Å². The Labute approximate surface area is 171 Å². The largest absolute Gasteiger partial charge is 0.291 e. The number of aryl methyl sites for hydroxylation is 1. The van der Waals surface area contributed by atoms with Gasteiger partial charge < -0.3 is 0 Å². The van der Waals surface area contributed by atoms with Crippen LogP contribution in [0.1, 0.15) is 11.4 Å². The van der Waals surface area contributed by atoms with Crippen molar-refractivity contribution in [1.82, 2.24) is 19.1 Å². The normalized spacial score (nSPS) is 11.2. The number of hydrogen-bond acceptors (Lipinski definition) is 4. The summed E-state index contributed by atoms with van der Waals surface area (Å²) >= 11 is 0. The van der Waals surface area contributed by atoms with E-state index in [0.717, 1.165) is 11.3 Å². The zero-order chi connectivity index (χ0) is 20.7. The molecule has 0 radical (unpaired) electrons. The Balaban J connectivity index is 1.78. The second kappa shape index (κ2) is 7.08. The van der Waals surface area contributed by atoms with Crippen LogP contribution in [0.2, 0.25) is 0 Å². The Morgan fingerprint density at radius 3 is 2.17 bits per heavy atom. The standard InChI is InChI=1S/C24H18N4O2/c1-16-8-2-7-13-21(16)28-22(26-20-12-6-4-10-18(20)24(28)30)14-27-15-25-19-11-5-3-9-17(19)23(27)29/h2-13,15H,14H2,1H3. The third-order valence-electron chi connectivity index (χ3n) is 5.24. The van der Waals surface area contributed by atoms with Crippen molar-refractivity contribution < 1.29 is 0 Å². The Bertz CT molecular complexity index is 1530. The second-order valence-electron chi connectivity index (χ2n) is 7.17. The van der Waals surface area contributed by atoms with Gasteiger partial charge in [0.15, 0.2) is 0 Å². The first kappa shape index (κ1) is 18.0. The highest BCUT2D eigenvalue weighted by Crippen LogP contribution is 2.17. The maximum absolute atomic E-state index is 13.4. The first-order valence-electron chi connectivity index (χ1n) is 9.64. The lowest BCUT2D eigenvalue weighted by Crippen LogP contribution is -2.29. The molecule has 0 saturated carbocycles. The molecule has 2 heterocycles. The lowest BCUT2D eigenvalue weighted by molar-refractivity contribution is 0.679. The maximum atomic E-state index is 13.4. The summed E-state index contributed by atoms with van der Waals surface area (Å²) in [6.45, 7) is 2.08. The minimum atomic E-state index is -0.167. The first-order chi connectivity index (χ1) is 14.6. The van der Waals surface area contributed by atoms with E-state index in [2.05, 4.69) is 4.98 Å². The molecule has 30 heavy (non-hydrogen) atoms. The fourth-order valence-corrected chi connectivity index (χ4v) is 3.72. The molecule has 5 rings (SSSR count). The quantitative estimate of drug-likeness (QED) is 0.470. The van der Waals surface area contributed by atoms with Crippen LogP contribution < -0.4 is 11.1 Å². The summed E-state index contributed by atoms with van der Waals surface area (Å²) in [6, 6.07) is 22.1. The number of aromatic nitrogens is 4. The zero-order valence-electron chi connectivity index (χ0n) is 16.3. The summed E-state index contributed by atoms with van der Waals surface area (Å²) in [7, 11) is 0. The molecule has 0 unspecified atom stereocenters. The summed E-state index contributed by atoms with van der Waals surface area (Å²) in [5.74, 6) is 0.479. The summed E-state index contributed by atoms with van der Waals surface area (Å²) in [4.78, 5) is 35.5. The van der Waals surface area contributed by atoms with Crippen LogP contribution in [0, 0.1) is 6.92 Å². The second-order valence-corrected chi connectivity index (χ2v) is 7.17. The van der Waals surface area contributed by atoms with Crippen LogP contribution in [-0.2, 0) is 6.54 Å². The molecular weight excluding hydrogens is 376 g/mol. The van der Waals surface area contributed by atoms with E-state index in [4.69, 9.17) is 4.98 Å². The number of hydrogen-bond donors (Lipinski definition) is 0. The van der Waals surface area contributed by atoms with Crippen LogP contribution in [0.15, 0.2) is 88.7 Å². The molecule has 5 aromatic rings. The van der Waals surface area contributed by atoms with Crippen molar-refractivity contribution in [2.75, 3.05) is 0 Å². The molecule has 146 valence electrons. The molecule has 2 aromatic heterocycles. The fourth-order valence-electron chi connectivity index (χ4n) is 3.72. The SMILES string of the molecule is Cc1ccccc1-n1c(Cn2cnc3ccccc3c2=O)nc2ccccc2c1=O. The Kier molecular flexibility index (Phi) is 4.25. The Morgan fingerprint density at radius 2 is 1.40 bits per heavy atom. The van der Waals surface area contributed by atoms with Crippen LogP contribution in [-0.4, -0.2) is 19.1 Å². The molecule has 0 aliphatic rings. The van der Waals surface area contributed by atoms with E-state index >= 15 is 0 Å². The smallest absolute Gasteiger partial charge is 0.266 e. The highest BCUT2D eigenvalue weighted by atomic mass is 16.1. The van der Waals surface area contributed by atoms with Crippen LogP contribution in [0.25, 0.3) is 27.5 Å². The average Bonchev–Trinajstić information content (AvgIpc) is 2.77. The van der Waals surface area contributed by atoms with Gasteiger partial charge >= 0.3 is 0 Å². The van der Waals surface area contributed by atoms with E-state index in [0.29, 0.717) is 27.6 Å². The van der Waals surface area contributed by atoms with Gasteiger partial charge in [-0.2, -0.15) is 0 Å². The molecule has 0 atom stereocenters. The van der Waals surface area contributed by atoms with E-state index in [1.807, 2.05) is 61.5 Å². The van der Waals surface area contributed by atoms with E-state index < -0.39 is 0 Å². The summed E-state index contributed by atoms with van der Waals surface area (Å²) in [6.07, 6.45) is 1.51. The van der Waals surface area contributed by atoms with E-state index in [9.17, 15) is 9.59 Å². The van der Waals surface area contributed by atoms with Gasteiger partial charge in [-0.3, -0.25) is 18.7 Å². The van der Waals surface area contributed by atoms with Crippen molar-refractivity contribution in [2.24, 2.45) is 0 Å². The molecule has 0 spiro atoms. The third-order valence-corrected chi connectivity index (χ3v) is 5.24. The van der Waals surface area contributed by atoms with Gasteiger partial charge in [-0.05, 0) is 42.8 Å². The van der Waals surface area contributed by atoms with E-state index in [-0.39, 0.29) is 17.7 Å². The monoisotopic (exact) mass is 394 g/mol. The molecule has 3 aromatic carbocycles. The van der Waals surface area contributed by atoms with Crippen LogP contribution in [0.5, 0.6) is 0 Å². The third kappa shape index (κ3) is 2.90. The van der Waals surface area contributed by atoms with Crippen molar-refractivity contribution in [3.8, 4) is 5.69 Å². The van der Waals surface area contributed by atoms with Gasteiger partial charge in [-0.15, -0.1) is 0 Å². The predicted octanol–water partition coefficient (Wildman–Crippen LogP) is 3.45. The zero-order valence-corrected chi connectivity index (χ0v) is 16.3.